The van der Waals surface area contributed by atoms with E-state index in [0.29, 0.717) is 30.3 Å². The van der Waals surface area contributed by atoms with Gasteiger partial charge < -0.3 is 15.2 Å². The first kappa shape index (κ1) is 20.8. The summed E-state index contributed by atoms with van der Waals surface area (Å²) in [5.74, 6) is 0.416. The Morgan fingerprint density at radius 3 is 2.21 bits per heavy atom. The summed E-state index contributed by atoms with van der Waals surface area (Å²) >= 11 is 0. The maximum absolute atomic E-state index is 11.8. The highest BCUT2D eigenvalue weighted by Crippen LogP contribution is 2.36. The van der Waals surface area contributed by atoms with Crippen LogP contribution in [-0.4, -0.2) is 60.1 Å². The highest BCUT2D eigenvalue weighted by atomic mass is 16.5. The second-order valence-corrected chi connectivity index (χ2v) is 8.11. The van der Waals surface area contributed by atoms with E-state index in [1.54, 1.807) is 6.92 Å². The zero-order valence-corrected chi connectivity index (χ0v) is 16.7. The van der Waals surface area contributed by atoms with E-state index in [1.807, 2.05) is 12.1 Å². The molecule has 3 rings (SSSR count). The van der Waals surface area contributed by atoms with Gasteiger partial charge in [-0.1, -0.05) is 12.1 Å². The van der Waals surface area contributed by atoms with Crippen molar-refractivity contribution in [3.05, 3.63) is 29.8 Å². The van der Waals surface area contributed by atoms with E-state index in [1.165, 1.54) is 5.56 Å². The summed E-state index contributed by atoms with van der Waals surface area (Å²) in [5, 5.41) is 12.1. The van der Waals surface area contributed by atoms with Crippen molar-refractivity contribution in [2.24, 2.45) is 0 Å². The lowest BCUT2D eigenvalue weighted by molar-refractivity contribution is -0.139. The molecule has 2 N–H and O–H groups in total. The van der Waals surface area contributed by atoms with Crippen molar-refractivity contribution in [3.8, 4) is 5.75 Å². The van der Waals surface area contributed by atoms with Gasteiger partial charge in [0.2, 0.25) is 0 Å². The minimum absolute atomic E-state index is 0.262. The number of ketones is 1. The van der Waals surface area contributed by atoms with Gasteiger partial charge in [0.25, 0.3) is 0 Å². The van der Waals surface area contributed by atoms with Crippen molar-refractivity contribution in [2.75, 3.05) is 26.2 Å². The van der Waals surface area contributed by atoms with Gasteiger partial charge in [-0.3, -0.25) is 9.69 Å². The van der Waals surface area contributed by atoms with Crippen molar-refractivity contribution in [1.82, 2.24) is 10.2 Å². The lowest BCUT2D eigenvalue weighted by Crippen LogP contribution is -2.50. The first-order valence-electron chi connectivity index (χ1n) is 10.4. The minimum Gasteiger partial charge on any atom is -0.482 e. The molecule has 6 heteroatoms. The van der Waals surface area contributed by atoms with E-state index in [9.17, 15) is 9.59 Å². The molecule has 154 valence electrons. The lowest BCUT2D eigenvalue weighted by atomic mass is 9.80. The van der Waals surface area contributed by atoms with E-state index in [2.05, 4.69) is 22.3 Å². The summed E-state index contributed by atoms with van der Waals surface area (Å²) in [7, 11) is 0. The molecular weight excluding hydrogens is 356 g/mol. The third-order valence-corrected chi connectivity index (χ3v) is 6.06. The standard InChI is InChI=1S/C22H32N2O4/c1-16(25)14-24(20-10-12-23-13-11-20)19-6-2-17(3-7-19)18-4-8-21(9-5-18)28-15-22(26)27/h4-5,8-9,17,19-20,23H,2-3,6-7,10-15H2,1H3,(H,26,27). The molecule has 28 heavy (non-hydrogen) atoms. The average Bonchev–Trinajstić information content (AvgIpc) is 2.71. The molecule has 1 aliphatic heterocycles. The molecule has 0 unspecified atom stereocenters. The Balaban J connectivity index is 1.56. The Hall–Kier alpha value is -1.92. The summed E-state index contributed by atoms with van der Waals surface area (Å²) in [6.45, 7) is 4.06. The number of benzene rings is 1. The van der Waals surface area contributed by atoms with Crippen LogP contribution in [-0.2, 0) is 9.59 Å². The predicted molar refractivity (Wildman–Crippen MR) is 108 cm³/mol. The fourth-order valence-corrected chi connectivity index (χ4v) is 4.67. The van der Waals surface area contributed by atoms with E-state index in [4.69, 9.17) is 9.84 Å². The average molecular weight is 389 g/mol. The largest absolute Gasteiger partial charge is 0.482 e. The Kier molecular flexibility index (Phi) is 7.45. The number of carbonyl (C=O) groups is 2. The molecule has 2 aliphatic rings. The van der Waals surface area contributed by atoms with Crippen LogP contribution in [0.3, 0.4) is 0 Å². The van der Waals surface area contributed by atoms with Crippen LogP contribution in [0.4, 0.5) is 0 Å². The van der Waals surface area contributed by atoms with E-state index < -0.39 is 5.97 Å². The molecule has 0 spiro atoms. The predicted octanol–water partition coefficient (Wildman–Crippen LogP) is 2.82. The third kappa shape index (κ3) is 5.79. The van der Waals surface area contributed by atoms with Crippen molar-refractivity contribution in [1.29, 1.82) is 0 Å². The molecule has 0 aromatic heterocycles. The lowest BCUT2D eigenvalue weighted by Gasteiger charge is -2.42. The van der Waals surface area contributed by atoms with Crippen LogP contribution in [0.1, 0.15) is 56.9 Å². The second-order valence-electron chi connectivity index (χ2n) is 8.11. The highest BCUT2D eigenvalue weighted by molar-refractivity contribution is 5.77. The summed E-state index contributed by atoms with van der Waals surface area (Å²) < 4.78 is 5.22. The maximum Gasteiger partial charge on any atom is 0.341 e. The van der Waals surface area contributed by atoms with Gasteiger partial charge in [0, 0.05) is 12.1 Å². The Labute approximate surface area is 167 Å². The molecule has 0 bridgehead atoms. The highest BCUT2D eigenvalue weighted by Gasteiger charge is 2.32. The summed E-state index contributed by atoms with van der Waals surface area (Å²) in [6, 6.07) is 8.87. The van der Waals surface area contributed by atoms with Gasteiger partial charge in [-0.15, -0.1) is 0 Å². The number of piperidine rings is 1. The maximum atomic E-state index is 11.8. The molecule has 0 atom stereocenters. The number of rotatable bonds is 8. The Bertz CT molecular complexity index is 647. The number of ether oxygens (including phenoxy) is 1. The number of aliphatic carboxylic acids is 1. The molecule has 1 saturated carbocycles. The van der Waals surface area contributed by atoms with E-state index in [0.717, 1.165) is 51.6 Å². The summed E-state index contributed by atoms with van der Waals surface area (Å²) in [5.41, 5.74) is 1.29. The van der Waals surface area contributed by atoms with Gasteiger partial charge in [-0.05, 0) is 82.2 Å². The molecule has 6 nitrogen and oxygen atoms in total. The molecule has 0 radical (unpaired) electrons. The van der Waals surface area contributed by atoms with Crippen LogP contribution in [0.2, 0.25) is 0 Å². The normalized spacial score (nSPS) is 23.5. The number of nitrogens with zero attached hydrogens (tertiary/aromatic N) is 1. The molecule has 1 aromatic rings. The van der Waals surface area contributed by atoms with Crippen molar-refractivity contribution in [3.63, 3.8) is 0 Å². The molecule has 1 saturated heterocycles. The number of hydrogen-bond acceptors (Lipinski definition) is 5. The van der Waals surface area contributed by atoms with Gasteiger partial charge in [0.1, 0.15) is 11.5 Å². The summed E-state index contributed by atoms with van der Waals surface area (Å²) in [4.78, 5) is 24.9. The fourth-order valence-electron chi connectivity index (χ4n) is 4.67. The zero-order chi connectivity index (χ0) is 19.9. The van der Waals surface area contributed by atoms with Crippen molar-refractivity contribution in [2.45, 2.75) is 63.5 Å². The first-order chi connectivity index (χ1) is 13.5. The smallest absolute Gasteiger partial charge is 0.341 e. The topological polar surface area (TPSA) is 78.9 Å². The van der Waals surface area contributed by atoms with Gasteiger partial charge in [-0.2, -0.15) is 0 Å². The van der Waals surface area contributed by atoms with Crippen LogP contribution in [0.15, 0.2) is 24.3 Å². The van der Waals surface area contributed by atoms with Crippen molar-refractivity contribution < 1.29 is 19.4 Å². The van der Waals surface area contributed by atoms with Crippen molar-refractivity contribution >= 4 is 11.8 Å². The van der Waals surface area contributed by atoms with Crippen LogP contribution in [0.5, 0.6) is 5.75 Å². The Morgan fingerprint density at radius 1 is 1.04 bits per heavy atom. The molecule has 0 amide bonds. The quantitative estimate of drug-likeness (QED) is 0.713. The number of Topliss-reactive ketones (excluding diaryl/α,β-unsaturated/α-hetero) is 1. The van der Waals surface area contributed by atoms with Crippen LogP contribution in [0.25, 0.3) is 0 Å². The first-order valence-corrected chi connectivity index (χ1v) is 10.4. The fraction of sp³-hybridized carbons (Fsp3) is 0.636. The van der Waals surface area contributed by atoms with Crippen LogP contribution >= 0.6 is 0 Å². The number of carboxylic acids is 1. The van der Waals surface area contributed by atoms with E-state index >= 15 is 0 Å². The Morgan fingerprint density at radius 2 is 1.64 bits per heavy atom. The third-order valence-electron chi connectivity index (χ3n) is 6.06. The molecule has 1 heterocycles. The number of hydrogen-bond donors (Lipinski definition) is 2. The second kappa shape index (κ2) is 10.0. The number of nitrogens with one attached hydrogen (secondary N) is 1. The molecule has 1 aromatic carbocycles. The van der Waals surface area contributed by atoms with Crippen LogP contribution < -0.4 is 10.1 Å². The summed E-state index contributed by atoms with van der Waals surface area (Å²) in [6.07, 6.45) is 6.76. The van der Waals surface area contributed by atoms with Gasteiger partial charge >= 0.3 is 5.97 Å². The zero-order valence-electron chi connectivity index (χ0n) is 16.7. The molecular formula is C22H32N2O4. The van der Waals surface area contributed by atoms with Crippen LogP contribution in [0, 0.1) is 0 Å². The van der Waals surface area contributed by atoms with Gasteiger partial charge in [0.05, 0.1) is 6.54 Å². The van der Waals surface area contributed by atoms with Gasteiger partial charge in [0.15, 0.2) is 6.61 Å². The monoisotopic (exact) mass is 388 g/mol. The van der Waals surface area contributed by atoms with E-state index in [-0.39, 0.29) is 12.4 Å². The minimum atomic E-state index is -0.966. The SMILES string of the molecule is CC(=O)CN(C1CCNCC1)C1CCC(c2ccc(OCC(=O)O)cc2)CC1. The molecule has 2 fully saturated rings. The number of carbonyl (C=O) groups excluding carboxylic acids is 1. The molecule has 1 aliphatic carbocycles. The van der Waals surface area contributed by atoms with Gasteiger partial charge in [-0.25, -0.2) is 4.79 Å². The number of carboxylic acid groups (broad SMARTS) is 1.